The highest BCUT2D eigenvalue weighted by Crippen LogP contribution is 2.27. The molecule has 2 aromatic rings. The van der Waals surface area contributed by atoms with Crippen molar-refractivity contribution < 1.29 is 19.1 Å². The highest BCUT2D eigenvalue weighted by Gasteiger charge is 2.08. The first kappa shape index (κ1) is 25.5. The van der Waals surface area contributed by atoms with Crippen LogP contribution in [-0.2, 0) is 22.4 Å². The Morgan fingerprint density at radius 1 is 0.968 bits per heavy atom. The van der Waals surface area contributed by atoms with Gasteiger partial charge in [-0.25, -0.2) is 0 Å². The quantitative estimate of drug-likeness (QED) is 0.437. The highest BCUT2D eigenvalue weighted by molar-refractivity contribution is 5.92. The van der Waals surface area contributed by atoms with Crippen molar-refractivity contribution in [1.29, 1.82) is 0 Å². The summed E-state index contributed by atoms with van der Waals surface area (Å²) in [5, 5.41) is 2.87. The number of rotatable bonds is 8. The van der Waals surface area contributed by atoms with Crippen LogP contribution in [0.3, 0.4) is 0 Å². The molecular weight excluding hydrogens is 396 g/mol. The fourth-order valence-corrected chi connectivity index (χ4v) is 2.65. The number of nitrogens with one attached hydrogen (secondary N) is 1. The Labute approximate surface area is 183 Å². The summed E-state index contributed by atoms with van der Waals surface area (Å²) in [5.74, 6) is 0.643. The van der Waals surface area contributed by atoms with Crippen LogP contribution in [0.2, 0.25) is 0 Å². The zero-order valence-corrected chi connectivity index (χ0v) is 18.6. The van der Waals surface area contributed by atoms with Crippen molar-refractivity contribution in [2.45, 2.75) is 39.2 Å². The maximum Gasteiger partial charge on any atom is 0.253 e. The van der Waals surface area contributed by atoms with Gasteiger partial charge in [-0.1, -0.05) is 36.4 Å². The fraction of sp³-hybridized carbons (Fsp3) is 0.348. The Morgan fingerprint density at radius 2 is 1.61 bits per heavy atom. The predicted molar refractivity (Wildman–Crippen MR) is 122 cm³/mol. The Balaban J connectivity index is 0.000000316. The van der Waals surface area contributed by atoms with Gasteiger partial charge in [0.1, 0.15) is 0 Å². The summed E-state index contributed by atoms with van der Waals surface area (Å²) in [5.41, 5.74) is 12.2. The van der Waals surface area contributed by atoms with Crippen molar-refractivity contribution in [3.05, 3.63) is 59.7 Å². The number of ether oxygens (including phenoxy) is 2. The lowest BCUT2D eigenvalue weighted by Gasteiger charge is -2.08. The second-order valence-electron chi connectivity index (χ2n) is 7.00. The van der Waals surface area contributed by atoms with Gasteiger partial charge >= 0.3 is 0 Å². The lowest BCUT2D eigenvalue weighted by atomic mass is 10.1. The number of carbonyl (C=O) groups excluding carboxylic acids is 2. The molecule has 0 bridgehead atoms. The Hall–Kier alpha value is -3.55. The van der Waals surface area contributed by atoms with Gasteiger partial charge < -0.3 is 26.3 Å². The second-order valence-corrected chi connectivity index (χ2v) is 7.00. The molecule has 168 valence electrons. The third-order valence-corrected chi connectivity index (χ3v) is 3.99. The lowest BCUT2D eigenvalue weighted by Crippen LogP contribution is -2.30. The van der Waals surface area contributed by atoms with Crippen molar-refractivity contribution in [3.8, 4) is 11.5 Å². The number of benzene rings is 2. The highest BCUT2D eigenvalue weighted by atomic mass is 16.5. The van der Waals surface area contributed by atoms with Gasteiger partial charge in [-0.2, -0.15) is 4.99 Å². The van der Waals surface area contributed by atoms with Gasteiger partial charge in [-0.3, -0.25) is 9.59 Å². The van der Waals surface area contributed by atoms with Gasteiger partial charge in [0.2, 0.25) is 5.91 Å². The molecule has 0 unspecified atom stereocenters. The topological polar surface area (TPSA) is 129 Å². The molecule has 0 aromatic heterocycles. The lowest BCUT2D eigenvalue weighted by molar-refractivity contribution is -0.121. The van der Waals surface area contributed by atoms with E-state index < -0.39 is 5.91 Å². The molecule has 0 radical (unpaired) electrons. The summed E-state index contributed by atoms with van der Waals surface area (Å²) in [6.07, 6.45) is 1.50. The number of hydrogen-bond donors (Lipinski definition) is 3. The Morgan fingerprint density at radius 3 is 2.16 bits per heavy atom. The van der Waals surface area contributed by atoms with E-state index in [9.17, 15) is 9.59 Å². The van der Waals surface area contributed by atoms with Gasteiger partial charge in [-0.15, -0.1) is 0 Å². The maximum absolute atomic E-state index is 11.4. The minimum absolute atomic E-state index is 0.109. The molecule has 0 fully saturated rings. The van der Waals surface area contributed by atoms with Gasteiger partial charge in [0.25, 0.3) is 5.91 Å². The molecule has 5 N–H and O–H groups in total. The number of amides is 2. The summed E-state index contributed by atoms with van der Waals surface area (Å²) >= 11 is 0. The van der Waals surface area contributed by atoms with E-state index in [1.54, 1.807) is 25.3 Å². The third-order valence-electron chi connectivity index (χ3n) is 3.99. The van der Waals surface area contributed by atoms with Crippen molar-refractivity contribution in [1.82, 2.24) is 5.32 Å². The van der Waals surface area contributed by atoms with Crippen LogP contribution in [0.4, 0.5) is 0 Å². The number of hydrogen-bond acceptors (Lipinski definition) is 4. The van der Waals surface area contributed by atoms with Crippen LogP contribution in [0.15, 0.2) is 53.5 Å². The van der Waals surface area contributed by atoms with Crippen LogP contribution in [0.25, 0.3) is 0 Å². The molecule has 2 aromatic carbocycles. The van der Waals surface area contributed by atoms with Crippen LogP contribution >= 0.6 is 0 Å². The van der Waals surface area contributed by atoms with Gasteiger partial charge in [0, 0.05) is 12.5 Å². The first-order chi connectivity index (χ1) is 14.7. The van der Waals surface area contributed by atoms with Crippen LogP contribution in [-0.4, -0.2) is 38.0 Å². The average Bonchev–Trinajstić information content (AvgIpc) is 2.72. The number of aliphatic imine (C=N–C) groups is 1. The van der Waals surface area contributed by atoms with Crippen molar-refractivity contribution in [2.24, 2.45) is 16.5 Å². The van der Waals surface area contributed by atoms with Crippen LogP contribution in [0.5, 0.6) is 11.5 Å². The van der Waals surface area contributed by atoms with E-state index in [0.29, 0.717) is 17.9 Å². The average molecular weight is 429 g/mol. The number of carbonyl (C=O) groups is 2. The molecular formula is C23H32N4O4. The molecule has 8 heteroatoms. The van der Waals surface area contributed by atoms with E-state index in [4.69, 9.17) is 20.9 Å². The van der Waals surface area contributed by atoms with E-state index in [1.165, 1.54) is 12.7 Å². The maximum atomic E-state index is 11.4. The number of nitrogens with two attached hydrogens (primary N) is 2. The molecule has 0 aliphatic rings. The standard InChI is InChI=1S/C12H17NO.C11H15N3O3/c1-10(2)13-12(14)9-8-11-6-4-3-5-7-11;1-16-8-4-3-7(5-9(8)17-2)6-10(15)14-11(12)13/h3-7,10H,8-9H2,1-2H3,(H,13,14);3-5H,6H2,1-2H3,(H4,12,13,14,15). The summed E-state index contributed by atoms with van der Waals surface area (Å²) in [6, 6.07) is 15.5. The number of methoxy groups -OCH3 is 2. The summed E-state index contributed by atoms with van der Waals surface area (Å²) in [4.78, 5) is 26.1. The summed E-state index contributed by atoms with van der Waals surface area (Å²) in [7, 11) is 3.07. The van der Waals surface area contributed by atoms with Crippen molar-refractivity contribution in [3.63, 3.8) is 0 Å². The molecule has 0 atom stereocenters. The van der Waals surface area contributed by atoms with Gasteiger partial charge in [0.15, 0.2) is 17.5 Å². The molecule has 0 spiro atoms. The van der Waals surface area contributed by atoms with E-state index in [1.807, 2.05) is 44.2 Å². The number of guanidine groups is 1. The summed E-state index contributed by atoms with van der Waals surface area (Å²) in [6.45, 7) is 3.95. The van der Waals surface area contributed by atoms with Crippen LogP contribution < -0.4 is 26.3 Å². The second kappa shape index (κ2) is 13.6. The van der Waals surface area contributed by atoms with Crippen LogP contribution in [0.1, 0.15) is 31.4 Å². The largest absolute Gasteiger partial charge is 0.493 e. The van der Waals surface area contributed by atoms with E-state index in [0.717, 1.165) is 12.0 Å². The molecule has 8 nitrogen and oxygen atoms in total. The fourth-order valence-electron chi connectivity index (χ4n) is 2.65. The van der Waals surface area contributed by atoms with E-state index in [2.05, 4.69) is 10.3 Å². The summed E-state index contributed by atoms with van der Waals surface area (Å²) < 4.78 is 10.2. The molecule has 0 saturated heterocycles. The molecule has 2 amide bonds. The first-order valence-electron chi connectivity index (χ1n) is 9.91. The van der Waals surface area contributed by atoms with E-state index in [-0.39, 0.29) is 24.3 Å². The minimum Gasteiger partial charge on any atom is -0.493 e. The first-order valence-corrected chi connectivity index (χ1v) is 9.91. The Bertz CT molecular complexity index is 863. The number of aryl methyl sites for hydroxylation is 1. The Kier molecular flexibility index (Phi) is 11.2. The zero-order chi connectivity index (χ0) is 23.2. The molecule has 0 heterocycles. The smallest absolute Gasteiger partial charge is 0.253 e. The molecule has 2 rings (SSSR count). The molecule has 0 aliphatic carbocycles. The molecule has 0 saturated carbocycles. The van der Waals surface area contributed by atoms with Crippen LogP contribution in [0, 0.1) is 0 Å². The van der Waals surface area contributed by atoms with Gasteiger partial charge in [-0.05, 0) is 43.5 Å². The normalized spacial score (nSPS) is 9.84. The van der Waals surface area contributed by atoms with E-state index >= 15 is 0 Å². The monoisotopic (exact) mass is 428 g/mol. The molecule has 31 heavy (non-hydrogen) atoms. The minimum atomic E-state index is -0.405. The third kappa shape index (κ3) is 10.7. The zero-order valence-electron chi connectivity index (χ0n) is 18.6. The molecule has 0 aliphatic heterocycles. The van der Waals surface area contributed by atoms with Crippen molar-refractivity contribution >= 4 is 17.8 Å². The van der Waals surface area contributed by atoms with Gasteiger partial charge in [0.05, 0.1) is 20.6 Å². The van der Waals surface area contributed by atoms with Crippen molar-refractivity contribution in [2.75, 3.05) is 14.2 Å². The number of nitrogens with zero attached hydrogens (tertiary/aromatic N) is 1. The predicted octanol–water partition coefficient (Wildman–Crippen LogP) is 2.19. The SMILES string of the molecule is CC(C)NC(=O)CCc1ccccc1.COc1ccc(CC(=O)N=C(N)N)cc1OC.